The molecule has 0 atom stereocenters. The van der Waals surface area contributed by atoms with Gasteiger partial charge in [-0.1, -0.05) is 11.3 Å². The summed E-state index contributed by atoms with van der Waals surface area (Å²) in [6.07, 6.45) is 0. The lowest BCUT2D eigenvalue weighted by Gasteiger charge is -2.04. The van der Waals surface area contributed by atoms with Crippen molar-refractivity contribution >= 4 is 17.3 Å². The maximum atomic E-state index is 11.8. The van der Waals surface area contributed by atoms with E-state index >= 15 is 0 Å². The Morgan fingerprint density at radius 2 is 2.44 bits per heavy atom. The smallest absolute Gasteiger partial charge is 0.361 e. The number of thiophene rings is 1. The second kappa shape index (κ2) is 5.74. The van der Waals surface area contributed by atoms with Crippen LogP contribution in [0.4, 0.5) is 0 Å². The normalized spacial score (nSPS) is 10.6. The second-order valence-electron chi connectivity index (χ2n) is 3.50. The van der Waals surface area contributed by atoms with Crippen LogP contribution in [0.2, 0.25) is 0 Å². The van der Waals surface area contributed by atoms with Gasteiger partial charge in [0.15, 0.2) is 5.69 Å². The Morgan fingerprint density at radius 1 is 1.61 bits per heavy atom. The molecule has 2 aromatic heterocycles. The third-order valence-electron chi connectivity index (χ3n) is 2.30. The third kappa shape index (κ3) is 2.41. The summed E-state index contributed by atoms with van der Waals surface area (Å²) in [5.41, 5.74) is 6.44. The third-order valence-corrected chi connectivity index (χ3v) is 3.18. The molecule has 0 aromatic carbocycles. The number of nitrogens with two attached hydrogens (primary N) is 1. The molecule has 0 spiro atoms. The molecule has 6 nitrogen and oxygen atoms in total. The standard InChI is InChI=1S/C11H14N4O2S/c1-2-17-11(16)9-10(8-4-3-7-18-8)15(6-5-12)14-13-9/h3-4,7H,2,5-6,12H2,1H3. The van der Waals surface area contributed by atoms with E-state index in [0.717, 1.165) is 4.88 Å². The summed E-state index contributed by atoms with van der Waals surface area (Å²) in [6, 6.07) is 3.83. The van der Waals surface area contributed by atoms with E-state index < -0.39 is 5.97 Å². The monoisotopic (exact) mass is 266 g/mol. The first-order valence-electron chi connectivity index (χ1n) is 5.62. The van der Waals surface area contributed by atoms with Crippen LogP contribution in [0.1, 0.15) is 17.4 Å². The van der Waals surface area contributed by atoms with Crippen LogP contribution in [0.15, 0.2) is 17.5 Å². The minimum Gasteiger partial charge on any atom is -0.461 e. The molecular formula is C11H14N4O2S. The average Bonchev–Trinajstić information content (AvgIpc) is 2.97. The fourth-order valence-corrected chi connectivity index (χ4v) is 2.36. The SMILES string of the molecule is CCOC(=O)c1nnn(CCN)c1-c1cccs1. The first kappa shape index (κ1) is 12.7. The number of aromatic nitrogens is 3. The largest absolute Gasteiger partial charge is 0.461 e. The van der Waals surface area contributed by atoms with Crippen molar-refractivity contribution in [3.63, 3.8) is 0 Å². The molecule has 2 heterocycles. The minimum absolute atomic E-state index is 0.243. The molecule has 0 bridgehead atoms. The van der Waals surface area contributed by atoms with Gasteiger partial charge >= 0.3 is 5.97 Å². The number of carbonyl (C=O) groups is 1. The van der Waals surface area contributed by atoms with Crippen LogP contribution in [0.3, 0.4) is 0 Å². The van der Waals surface area contributed by atoms with E-state index in [2.05, 4.69) is 10.3 Å². The average molecular weight is 266 g/mol. The van der Waals surface area contributed by atoms with Gasteiger partial charge in [-0.25, -0.2) is 9.48 Å². The summed E-state index contributed by atoms with van der Waals surface area (Å²) in [4.78, 5) is 12.7. The molecule has 0 amide bonds. The van der Waals surface area contributed by atoms with Gasteiger partial charge in [-0.05, 0) is 18.4 Å². The lowest BCUT2D eigenvalue weighted by molar-refractivity contribution is 0.0520. The zero-order valence-electron chi connectivity index (χ0n) is 10.00. The van der Waals surface area contributed by atoms with Gasteiger partial charge in [0.25, 0.3) is 0 Å². The van der Waals surface area contributed by atoms with Gasteiger partial charge in [0.1, 0.15) is 5.69 Å². The minimum atomic E-state index is -0.454. The molecule has 0 aliphatic heterocycles. The number of esters is 1. The van der Waals surface area contributed by atoms with Gasteiger partial charge in [0.2, 0.25) is 0 Å². The summed E-state index contributed by atoms with van der Waals surface area (Å²) < 4.78 is 6.61. The lowest BCUT2D eigenvalue weighted by atomic mass is 10.2. The van der Waals surface area contributed by atoms with Crippen molar-refractivity contribution in [1.82, 2.24) is 15.0 Å². The Morgan fingerprint density at radius 3 is 3.06 bits per heavy atom. The Balaban J connectivity index is 2.44. The van der Waals surface area contributed by atoms with Crippen molar-refractivity contribution in [2.24, 2.45) is 5.73 Å². The molecule has 0 radical (unpaired) electrons. The molecule has 0 saturated carbocycles. The predicted octanol–water partition coefficient (Wildman–Crippen LogP) is 1.14. The Hall–Kier alpha value is -1.73. The summed E-state index contributed by atoms with van der Waals surface area (Å²) >= 11 is 1.52. The molecule has 18 heavy (non-hydrogen) atoms. The number of rotatable bonds is 5. The molecule has 0 unspecified atom stereocenters. The molecular weight excluding hydrogens is 252 g/mol. The van der Waals surface area contributed by atoms with Crippen LogP contribution in [0.5, 0.6) is 0 Å². The highest BCUT2D eigenvalue weighted by molar-refractivity contribution is 7.13. The van der Waals surface area contributed by atoms with Crippen LogP contribution in [0, 0.1) is 0 Å². The zero-order chi connectivity index (χ0) is 13.0. The number of hydrogen-bond donors (Lipinski definition) is 1. The second-order valence-corrected chi connectivity index (χ2v) is 4.44. The quantitative estimate of drug-likeness (QED) is 0.820. The van der Waals surface area contributed by atoms with Crippen molar-refractivity contribution in [2.75, 3.05) is 13.2 Å². The highest BCUT2D eigenvalue weighted by Crippen LogP contribution is 2.27. The molecule has 96 valence electrons. The molecule has 2 rings (SSSR count). The van der Waals surface area contributed by atoms with Crippen LogP contribution in [-0.2, 0) is 11.3 Å². The van der Waals surface area contributed by atoms with Crippen LogP contribution < -0.4 is 5.73 Å². The fourth-order valence-electron chi connectivity index (χ4n) is 1.59. The molecule has 0 fully saturated rings. The van der Waals surface area contributed by atoms with Gasteiger partial charge in [-0.2, -0.15) is 0 Å². The number of carbonyl (C=O) groups excluding carboxylic acids is 1. The van der Waals surface area contributed by atoms with E-state index in [1.54, 1.807) is 11.6 Å². The fraction of sp³-hybridized carbons (Fsp3) is 0.364. The van der Waals surface area contributed by atoms with Gasteiger partial charge in [0.05, 0.1) is 18.0 Å². The van der Waals surface area contributed by atoms with E-state index in [0.29, 0.717) is 25.4 Å². The summed E-state index contributed by atoms with van der Waals surface area (Å²) in [5, 5.41) is 9.79. The van der Waals surface area contributed by atoms with E-state index in [-0.39, 0.29) is 5.69 Å². The van der Waals surface area contributed by atoms with Crippen molar-refractivity contribution in [3.8, 4) is 10.6 Å². The number of hydrogen-bond acceptors (Lipinski definition) is 6. The predicted molar refractivity (Wildman–Crippen MR) is 68.3 cm³/mol. The van der Waals surface area contributed by atoms with Crippen molar-refractivity contribution < 1.29 is 9.53 Å². The van der Waals surface area contributed by atoms with E-state index in [1.807, 2.05) is 17.5 Å². The molecule has 2 N–H and O–H groups in total. The molecule has 0 aliphatic carbocycles. The molecule has 0 aliphatic rings. The van der Waals surface area contributed by atoms with Crippen LogP contribution >= 0.6 is 11.3 Å². The highest BCUT2D eigenvalue weighted by Gasteiger charge is 2.22. The molecule has 7 heteroatoms. The van der Waals surface area contributed by atoms with Gasteiger partial charge in [-0.3, -0.25) is 0 Å². The summed E-state index contributed by atoms with van der Waals surface area (Å²) in [6.45, 7) is 3.02. The molecule has 0 saturated heterocycles. The maximum absolute atomic E-state index is 11.8. The van der Waals surface area contributed by atoms with Crippen LogP contribution in [0.25, 0.3) is 10.6 Å². The highest BCUT2D eigenvalue weighted by atomic mass is 32.1. The lowest BCUT2D eigenvalue weighted by Crippen LogP contribution is -2.13. The summed E-state index contributed by atoms with van der Waals surface area (Å²) in [7, 11) is 0. The Bertz CT molecular complexity index is 521. The zero-order valence-corrected chi connectivity index (χ0v) is 10.8. The van der Waals surface area contributed by atoms with Crippen molar-refractivity contribution in [3.05, 3.63) is 23.2 Å². The van der Waals surface area contributed by atoms with Gasteiger partial charge < -0.3 is 10.5 Å². The topological polar surface area (TPSA) is 83.0 Å². The van der Waals surface area contributed by atoms with Crippen molar-refractivity contribution in [2.45, 2.75) is 13.5 Å². The number of ether oxygens (including phenoxy) is 1. The number of nitrogens with zero attached hydrogens (tertiary/aromatic N) is 3. The Kier molecular flexibility index (Phi) is 4.06. The van der Waals surface area contributed by atoms with Crippen molar-refractivity contribution in [1.29, 1.82) is 0 Å². The van der Waals surface area contributed by atoms with Gasteiger partial charge in [0, 0.05) is 6.54 Å². The summed E-state index contributed by atoms with van der Waals surface area (Å²) in [5.74, 6) is -0.454. The van der Waals surface area contributed by atoms with Crippen LogP contribution in [-0.4, -0.2) is 34.1 Å². The van der Waals surface area contributed by atoms with Gasteiger partial charge in [-0.15, -0.1) is 16.4 Å². The first-order valence-corrected chi connectivity index (χ1v) is 6.50. The maximum Gasteiger partial charge on any atom is 0.361 e. The van der Waals surface area contributed by atoms with E-state index in [1.165, 1.54) is 11.3 Å². The van der Waals surface area contributed by atoms with E-state index in [4.69, 9.17) is 10.5 Å². The first-order chi connectivity index (χ1) is 8.77. The Labute approximate surface area is 108 Å². The molecule has 2 aromatic rings. The van der Waals surface area contributed by atoms with E-state index in [9.17, 15) is 4.79 Å².